The van der Waals surface area contributed by atoms with Crippen LogP contribution in [0, 0.1) is 67.5 Å². The Kier molecular flexibility index (Phi) is 9.64. The third-order valence-corrected chi connectivity index (χ3v) is 19.5. The fraction of sp³-hybridized carbons (Fsp3) is 0.812. The molecule has 8 rings (SSSR count). The molecular formula is C48H73NO6. The number of ether oxygens (including phenoxy) is 1. The highest BCUT2D eigenvalue weighted by atomic mass is 16.6. The fourth-order valence-corrected chi connectivity index (χ4v) is 15.7. The summed E-state index contributed by atoms with van der Waals surface area (Å²) in [5.41, 5.74) is 2.71. The van der Waals surface area contributed by atoms with Crippen LogP contribution in [0.2, 0.25) is 0 Å². The SMILES string of the molecule is CC(C)C1=C2[C@H]3CC[C@H]4C(C)(CC[C@@]56C=C[C@]5(C)C(OC(O)C5C[C@@H](C(O)O)C5(C)C)CC[C@]46C)[C@]3(C)CC[C@@]2([C@@H](O)CN[C@@H](C)C2=CCCC=C2)CC1=O. The lowest BCUT2D eigenvalue weighted by Crippen LogP contribution is -2.72. The molecule has 0 aromatic rings. The summed E-state index contributed by atoms with van der Waals surface area (Å²) >= 11 is 0. The highest BCUT2D eigenvalue weighted by molar-refractivity contribution is 6.00. The molecule has 0 radical (unpaired) electrons. The summed E-state index contributed by atoms with van der Waals surface area (Å²) in [6, 6.07) is 0.155. The van der Waals surface area contributed by atoms with Crippen molar-refractivity contribution < 1.29 is 30.0 Å². The van der Waals surface area contributed by atoms with Gasteiger partial charge in [-0.1, -0.05) is 91.3 Å². The van der Waals surface area contributed by atoms with Gasteiger partial charge in [-0.2, -0.15) is 0 Å². The maximum absolute atomic E-state index is 14.2. The van der Waals surface area contributed by atoms with Gasteiger partial charge in [-0.15, -0.1) is 0 Å². The summed E-state index contributed by atoms with van der Waals surface area (Å²) in [5, 5.41) is 47.4. The van der Waals surface area contributed by atoms with Crippen LogP contribution in [0.3, 0.4) is 0 Å². The van der Waals surface area contributed by atoms with Gasteiger partial charge in [0.25, 0.3) is 0 Å². The number of aliphatic hydroxyl groups excluding tert-OH is 3. The van der Waals surface area contributed by atoms with E-state index in [9.17, 15) is 25.2 Å². The highest BCUT2D eigenvalue weighted by Gasteiger charge is 2.76. The fourth-order valence-electron chi connectivity index (χ4n) is 15.7. The van der Waals surface area contributed by atoms with Crippen molar-refractivity contribution in [2.45, 2.75) is 170 Å². The highest BCUT2D eigenvalue weighted by Crippen LogP contribution is 2.82. The van der Waals surface area contributed by atoms with Crippen molar-refractivity contribution in [1.29, 1.82) is 0 Å². The van der Waals surface area contributed by atoms with Gasteiger partial charge in [-0.05, 0) is 128 Å². The Labute approximate surface area is 331 Å². The van der Waals surface area contributed by atoms with Crippen LogP contribution in [0.4, 0.5) is 0 Å². The zero-order valence-electron chi connectivity index (χ0n) is 35.5. The molecule has 1 spiro atoms. The van der Waals surface area contributed by atoms with Gasteiger partial charge in [0.2, 0.25) is 0 Å². The molecule has 306 valence electrons. The number of carbonyl (C=O) groups excluding carboxylic acids is 1. The van der Waals surface area contributed by atoms with E-state index in [0.29, 0.717) is 25.3 Å². The van der Waals surface area contributed by atoms with Crippen LogP contribution >= 0.6 is 0 Å². The Hall–Kier alpha value is -1.61. The van der Waals surface area contributed by atoms with E-state index in [0.717, 1.165) is 69.8 Å². The maximum Gasteiger partial charge on any atom is 0.160 e. The van der Waals surface area contributed by atoms with Gasteiger partial charge in [0.15, 0.2) is 18.4 Å². The average Bonchev–Trinajstić information content (AvgIpc) is 3.44. The van der Waals surface area contributed by atoms with Gasteiger partial charge in [-0.25, -0.2) is 0 Å². The van der Waals surface area contributed by atoms with E-state index in [-0.39, 0.29) is 68.7 Å². The lowest BCUT2D eigenvalue weighted by Gasteiger charge is -2.77. The van der Waals surface area contributed by atoms with E-state index in [1.807, 2.05) is 13.8 Å². The number of Topliss-reactive ketones (excluding diaryl/α,β-unsaturated/α-hetero) is 1. The molecule has 0 heterocycles. The predicted octanol–water partition coefficient (Wildman–Crippen LogP) is 8.18. The minimum Gasteiger partial charge on any atom is -0.391 e. The molecule has 55 heavy (non-hydrogen) atoms. The van der Waals surface area contributed by atoms with E-state index >= 15 is 0 Å². The van der Waals surface area contributed by atoms with Crippen LogP contribution in [0.15, 0.2) is 47.1 Å². The van der Waals surface area contributed by atoms with Gasteiger partial charge in [0, 0.05) is 47.1 Å². The van der Waals surface area contributed by atoms with Crippen LogP contribution in [0.5, 0.6) is 0 Å². The Morgan fingerprint density at radius 1 is 0.836 bits per heavy atom. The molecule has 0 aromatic heterocycles. The summed E-state index contributed by atoms with van der Waals surface area (Å²) in [6.45, 7) is 21.3. The van der Waals surface area contributed by atoms with Gasteiger partial charge in [0.05, 0.1) is 12.2 Å². The largest absolute Gasteiger partial charge is 0.391 e. The van der Waals surface area contributed by atoms with E-state index < -0.39 is 29.5 Å². The summed E-state index contributed by atoms with van der Waals surface area (Å²) in [7, 11) is 0. The number of rotatable bonds is 10. The predicted molar refractivity (Wildman–Crippen MR) is 216 cm³/mol. The molecular weight excluding hydrogens is 687 g/mol. The van der Waals surface area contributed by atoms with Crippen molar-refractivity contribution in [2.75, 3.05) is 6.54 Å². The van der Waals surface area contributed by atoms with Crippen LogP contribution in [-0.2, 0) is 9.53 Å². The van der Waals surface area contributed by atoms with Crippen molar-refractivity contribution >= 4 is 5.78 Å². The van der Waals surface area contributed by atoms with Crippen molar-refractivity contribution in [2.24, 2.45) is 67.5 Å². The minimum absolute atomic E-state index is 0.0132. The molecule has 0 saturated heterocycles. The van der Waals surface area contributed by atoms with E-state index in [1.165, 1.54) is 11.1 Å². The van der Waals surface area contributed by atoms with Crippen molar-refractivity contribution in [3.8, 4) is 0 Å². The molecule has 0 aliphatic heterocycles. The van der Waals surface area contributed by atoms with Gasteiger partial charge in [-0.3, -0.25) is 4.79 Å². The van der Waals surface area contributed by atoms with Crippen LogP contribution in [0.25, 0.3) is 0 Å². The quantitative estimate of drug-likeness (QED) is 0.113. The van der Waals surface area contributed by atoms with Gasteiger partial charge in [0.1, 0.15) is 0 Å². The number of hydrogen-bond donors (Lipinski definition) is 5. The van der Waals surface area contributed by atoms with E-state index in [4.69, 9.17) is 4.74 Å². The molecule has 4 unspecified atom stereocenters. The number of fused-ring (bicyclic) bond motifs is 6. The molecule has 0 aromatic carbocycles. The lowest BCUT2D eigenvalue weighted by atomic mass is 9.27. The molecule has 8 aliphatic carbocycles. The monoisotopic (exact) mass is 760 g/mol. The number of carbonyl (C=O) groups is 1. The second-order valence-electron chi connectivity index (χ2n) is 21.8. The third-order valence-electron chi connectivity index (χ3n) is 19.5. The van der Waals surface area contributed by atoms with Gasteiger partial charge >= 0.3 is 0 Å². The molecule has 5 fully saturated rings. The first kappa shape index (κ1) is 40.2. The standard InChI is InChI=1S/C48H73NO6/c1-28(2)38-34(50)26-47(36(51)27-49-29(3)30-13-11-10-12-14-30)22-19-43(6)31(39(38)47)15-16-35-44(43,7)20-23-48-24-21-46(48,9)37(17-18-45(35,48)8)55-41(54)33-25-32(40(52)53)42(33,4)5/h11,13-14,21,24,28-29,31-33,35-37,40-41,49,51-54H,10,12,15-20,22-23,25-27H2,1-9H3/t29-,31+,32-,33?,35-,36-,37?,41?,43+,44?,45+,46+,47-,48-/m0/s1. The van der Waals surface area contributed by atoms with Crippen LogP contribution < -0.4 is 5.32 Å². The second-order valence-corrected chi connectivity index (χ2v) is 21.8. The Morgan fingerprint density at radius 3 is 2.18 bits per heavy atom. The number of ketones is 1. The molecule has 0 bridgehead atoms. The van der Waals surface area contributed by atoms with Crippen molar-refractivity contribution in [3.05, 3.63) is 47.1 Å². The van der Waals surface area contributed by atoms with Crippen molar-refractivity contribution in [3.63, 3.8) is 0 Å². The smallest absolute Gasteiger partial charge is 0.160 e. The average molecular weight is 760 g/mol. The van der Waals surface area contributed by atoms with Crippen LogP contribution in [0.1, 0.15) is 139 Å². The maximum atomic E-state index is 14.2. The van der Waals surface area contributed by atoms with Crippen LogP contribution in [-0.4, -0.2) is 63.6 Å². The molecule has 7 nitrogen and oxygen atoms in total. The van der Waals surface area contributed by atoms with Gasteiger partial charge < -0.3 is 30.5 Å². The normalized spacial score (nSPS) is 47.1. The number of hydrogen-bond acceptors (Lipinski definition) is 7. The molecule has 8 aliphatic rings. The Morgan fingerprint density at radius 2 is 1.56 bits per heavy atom. The van der Waals surface area contributed by atoms with Crippen molar-refractivity contribution in [1.82, 2.24) is 5.32 Å². The zero-order chi connectivity index (χ0) is 39.7. The lowest BCUT2D eigenvalue weighted by molar-refractivity contribution is -0.308. The number of allylic oxidation sites excluding steroid dienone is 4. The molecule has 7 heteroatoms. The summed E-state index contributed by atoms with van der Waals surface area (Å²) in [6.07, 6.45) is 20.1. The van der Waals surface area contributed by atoms with E-state index in [2.05, 4.69) is 84.2 Å². The molecule has 5 saturated carbocycles. The number of aliphatic hydroxyl groups is 4. The summed E-state index contributed by atoms with van der Waals surface area (Å²) in [4.78, 5) is 14.2. The second kappa shape index (κ2) is 13.2. The minimum atomic E-state index is -1.38. The third kappa shape index (κ3) is 5.24. The van der Waals surface area contributed by atoms with E-state index in [1.54, 1.807) is 0 Å². The number of nitrogens with one attached hydrogen (secondary N) is 1. The first-order valence-electron chi connectivity index (χ1n) is 22.2. The molecule has 14 atom stereocenters. The first-order chi connectivity index (χ1) is 25.7. The summed E-state index contributed by atoms with van der Waals surface area (Å²) < 4.78 is 6.71. The molecule has 5 N–H and O–H groups in total. The summed E-state index contributed by atoms with van der Waals surface area (Å²) in [5.74, 6) is 0.817. The zero-order valence-corrected chi connectivity index (χ0v) is 35.5. The Balaban J connectivity index is 1.06. The Bertz CT molecular complexity index is 1690. The molecule has 0 amide bonds. The first-order valence-corrected chi connectivity index (χ1v) is 22.2. The topological polar surface area (TPSA) is 119 Å².